The Morgan fingerprint density at radius 3 is 1.90 bits per heavy atom. The third kappa shape index (κ3) is 3.53. The van der Waals surface area contributed by atoms with Crippen molar-refractivity contribution in [1.82, 2.24) is 0 Å². The van der Waals surface area contributed by atoms with E-state index in [1.54, 1.807) is 48.5 Å². The predicted octanol–water partition coefficient (Wildman–Crippen LogP) is 3.39. The molecule has 4 atom stereocenters. The first-order chi connectivity index (χ1) is 13.8. The number of hydrogen-bond acceptors (Lipinski definition) is 5. The maximum atomic E-state index is 13.5. The molecule has 2 aliphatic rings. The summed E-state index contributed by atoms with van der Waals surface area (Å²) < 4.78 is 53.6. The molecule has 0 unspecified atom stereocenters. The molecule has 29 heavy (non-hydrogen) atoms. The second-order valence-corrected chi connectivity index (χ2v) is 12.6. The van der Waals surface area contributed by atoms with E-state index in [0.717, 1.165) is 12.8 Å². The first-order valence-electron chi connectivity index (χ1n) is 10.1. The molecule has 0 radical (unpaired) electrons. The zero-order valence-electron chi connectivity index (χ0n) is 16.1. The van der Waals surface area contributed by atoms with Gasteiger partial charge in [0.2, 0.25) is 0 Å². The molecule has 0 saturated heterocycles. The second-order valence-electron chi connectivity index (χ2n) is 8.23. The molecule has 0 aliphatic heterocycles. The molecule has 2 aliphatic carbocycles. The Hall–Kier alpha value is -1.70. The van der Waals surface area contributed by atoms with E-state index in [0.29, 0.717) is 19.3 Å². The van der Waals surface area contributed by atoms with Crippen molar-refractivity contribution in [1.29, 1.82) is 0 Å². The molecular weight excluding hydrogens is 408 g/mol. The number of hydrogen-bond donors (Lipinski definition) is 1. The molecule has 2 aromatic carbocycles. The summed E-state index contributed by atoms with van der Waals surface area (Å²) in [7, 11) is -7.57. The molecular formula is C22H26O5S2. The second kappa shape index (κ2) is 7.52. The van der Waals surface area contributed by atoms with Gasteiger partial charge in [0, 0.05) is 0 Å². The maximum absolute atomic E-state index is 13.5. The Bertz CT molecular complexity index is 1060. The van der Waals surface area contributed by atoms with Gasteiger partial charge < -0.3 is 5.11 Å². The summed E-state index contributed by atoms with van der Waals surface area (Å²) in [5.74, 6) is -0.336. The van der Waals surface area contributed by atoms with Crippen molar-refractivity contribution in [3.8, 4) is 0 Å². The van der Waals surface area contributed by atoms with Gasteiger partial charge in [-0.3, -0.25) is 0 Å². The smallest absolute Gasteiger partial charge is 0.184 e. The van der Waals surface area contributed by atoms with Crippen LogP contribution in [0.5, 0.6) is 0 Å². The van der Waals surface area contributed by atoms with Crippen LogP contribution in [0.2, 0.25) is 0 Å². The van der Waals surface area contributed by atoms with Gasteiger partial charge in [-0.1, -0.05) is 49.2 Å². The molecule has 2 aromatic rings. The van der Waals surface area contributed by atoms with E-state index in [1.165, 1.54) is 12.1 Å². The first kappa shape index (κ1) is 20.6. The van der Waals surface area contributed by atoms with E-state index in [9.17, 15) is 21.9 Å². The molecule has 1 N–H and O–H groups in total. The van der Waals surface area contributed by atoms with Gasteiger partial charge in [0.05, 0.1) is 25.9 Å². The minimum Gasteiger partial charge on any atom is -0.388 e. The van der Waals surface area contributed by atoms with Crippen molar-refractivity contribution < 1.29 is 21.9 Å². The lowest BCUT2D eigenvalue weighted by Crippen LogP contribution is -2.59. The van der Waals surface area contributed by atoms with Crippen molar-refractivity contribution in [3.05, 3.63) is 60.7 Å². The average molecular weight is 435 g/mol. The summed E-state index contributed by atoms with van der Waals surface area (Å²) in [6.45, 7) is 0. The molecule has 0 aromatic heterocycles. The quantitative estimate of drug-likeness (QED) is 0.797. The SMILES string of the molecule is O=S(=O)(c1ccccc1)[C@@H]1C[C@@H]2CCCC[C@]2(O)[C@@H](S(=O)(=O)c2ccccc2)C1. The van der Waals surface area contributed by atoms with Gasteiger partial charge in [0.1, 0.15) is 0 Å². The fourth-order valence-electron chi connectivity index (χ4n) is 5.08. The average Bonchev–Trinajstić information content (AvgIpc) is 2.73. The standard InChI is InChI=1S/C22H26O5S2/c23-22-14-8-7-9-17(22)15-20(28(24,25)18-10-3-1-4-11-18)16-21(22)29(26,27)19-12-5-2-6-13-19/h1-6,10-13,17,20-21,23H,7-9,14-16H2/t17-,20+,21-,22+/m0/s1. The van der Waals surface area contributed by atoms with Crippen LogP contribution in [0.25, 0.3) is 0 Å². The van der Waals surface area contributed by atoms with Gasteiger partial charge in [-0.2, -0.15) is 0 Å². The minimum absolute atomic E-state index is 0.0819. The third-order valence-electron chi connectivity index (χ3n) is 6.63. The number of fused-ring (bicyclic) bond motifs is 1. The summed E-state index contributed by atoms with van der Waals surface area (Å²) in [6.07, 6.45) is 2.90. The fraction of sp³-hybridized carbons (Fsp3) is 0.455. The van der Waals surface area contributed by atoms with E-state index in [-0.39, 0.29) is 22.1 Å². The van der Waals surface area contributed by atoms with Crippen LogP contribution in [0.15, 0.2) is 70.5 Å². The highest BCUT2D eigenvalue weighted by atomic mass is 32.2. The zero-order valence-corrected chi connectivity index (χ0v) is 17.8. The Labute approximate surface area is 172 Å². The summed E-state index contributed by atoms with van der Waals surface area (Å²) in [5.41, 5.74) is -1.38. The van der Waals surface area contributed by atoms with Crippen LogP contribution in [0, 0.1) is 5.92 Å². The normalized spacial score (nSPS) is 30.4. The summed E-state index contributed by atoms with van der Waals surface area (Å²) in [5, 5.41) is 9.58. The molecule has 2 fully saturated rings. The van der Waals surface area contributed by atoms with E-state index in [1.807, 2.05) is 0 Å². The molecule has 0 heterocycles. The highest BCUT2D eigenvalue weighted by Gasteiger charge is 2.57. The number of benzene rings is 2. The molecule has 156 valence electrons. The summed E-state index contributed by atoms with van der Waals surface area (Å²) >= 11 is 0. The lowest BCUT2D eigenvalue weighted by atomic mass is 9.67. The van der Waals surface area contributed by atoms with Crippen molar-refractivity contribution in [2.24, 2.45) is 5.92 Å². The van der Waals surface area contributed by atoms with Crippen LogP contribution in [0.3, 0.4) is 0 Å². The summed E-state index contributed by atoms with van der Waals surface area (Å²) in [4.78, 5) is 0.350. The van der Waals surface area contributed by atoms with Crippen LogP contribution in [-0.2, 0) is 19.7 Å². The van der Waals surface area contributed by atoms with Crippen LogP contribution in [0.1, 0.15) is 38.5 Å². The van der Waals surface area contributed by atoms with Gasteiger partial charge in [-0.15, -0.1) is 0 Å². The predicted molar refractivity (Wildman–Crippen MR) is 111 cm³/mol. The first-order valence-corrected chi connectivity index (χ1v) is 13.2. The zero-order chi connectivity index (χ0) is 20.7. The van der Waals surface area contributed by atoms with Crippen LogP contribution < -0.4 is 0 Å². The molecule has 2 saturated carbocycles. The molecule has 0 spiro atoms. The van der Waals surface area contributed by atoms with Gasteiger partial charge >= 0.3 is 0 Å². The Morgan fingerprint density at radius 2 is 1.31 bits per heavy atom. The topological polar surface area (TPSA) is 88.5 Å². The third-order valence-corrected chi connectivity index (χ3v) is 11.1. The van der Waals surface area contributed by atoms with Crippen molar-refractivity contribution in [2.45, 2.75) is 64.4 Å². The fourth-order valence-corrected chi connectivity index (χ4v) is 9.25. The minimum atomic E-state index is -3.88. The molecule has 4 rings (SSSR count). The van der Waals surface area contributed by atoms with Gasteiger partial charge in [-0.05, 0) is 55.9 Å². The molecule has 5 nitrogen and oxygen atoms in total. The van der Waals surface area contributed by atoms with Gasteiger partial charge in [-0.25, -0.2) is 16.8 Å². The van der Waals surface area contributed by atoms with Crippen LogP contribution in [0.4, 0.5) is 0 Å². The molecule has 0 amide bonds. The van der Waals surface area contributed by atoms with Crippen molar-refractivity contribution in [2.75, 3.05) is 0 Å². The van der Waals surface area contributed by atoms with E-state index in [2.05, 4.69) is 0 Å². The maximum Gasteiger partial charge on any atom is 0.184 e. The highest BCUT2D eigenvalue weighted by Crippen LogP contribution is 2.49. The Kier molecular flexibility index (Phi) is 5.34. The van der Waals surface area contributed by atoms with Crippen molar-refractivity contribution in [3.63, 3.8) is 0 Å². The molecule has 7 heteroatoms. The number of aliphatic hydroxyl groups is 1. The Balaban J connectivity index is 1.78. The van der Waals surface area contributed by atoms with Crippen LogP contribution >= 0.6 is 0 Å². The van der Waals surface area contributed by atoms with E-state index >= 15 is 0 Å². The largest absolute Gasteiger partial charge is 0.388 e. The number of rotatable bonds is 4. The lowest BCUT2D eigenvalue weighted by molar-refractivity contribution is -0.0699. The van der Waals surface area contributed by atoms with E-state index < -0.39 is 35.8 Å². The van der Waals surface area contributed by atoms with Crippen LogP contribution in [-0.4, -0.2) is 38.0 Å². The molecule has 0 bridgehead atoms. The van der Waals surface area contributed by atoms with Crippen molar-refractivity contribution >= 4 is 19.7 Å². The lowest BCUT2D eigenvalue weighted by Gasteiger charge is -2.50. The van der Waals surface area contributed by atoms with E-state index in [4.69, 9.17) is 0 Å². The van der Waals surface area contributed by atoms with Gasteiger partial charge in [0.25, 0.3) is 0 Å². The Morgan fingerprint density at radius 1 is 0.759 bits per heavy atom. The number of sulfone groups is 2. The highest BCUT2D eigenvalue weighted by molar-refractivity contribution is 7.93. The van der Waals surface area contributed by atoms with Gasteiger partial charge in [0.15, 0.2) is 19.7 Å². The monoisotopic (exact) mass is 434 g/mol. The summed E-state index contributed by atoms with van der Waals surface area (Å²) in [6, 6.07) is 16.3.